The molecule has 0 radical (unpaired) electrons. The summed E-state index contributed by atoms with van der Waals surface area (Å²) >= 11 is 0. The molecule has 636 valence electrons. The van der Waals surface area contributed by atoms with Crippen molar-refractivity contribution in [2.45, 2.75) is 0 Å². The molecule has 0 unspecified atom stereocenters. The molecule has 0 atom stereocenters. The lowest BCUT2D eigenvalue weighted by molar-refractivity contribution is 0.659. The van der Waals surface area contributed by atoms with Gasteiger partial charge in [0.2, 0.25) is 16.3 Å². The molecular weight excluding hydrogens is 1650 g/mol. The standard InChI is InChI=1S/3C42H27NO2/c44-42-36-19-7-8-20-40(36)45-41-22-21-33(25-37(41)42)31-16-9-15-30(23-31)32-17-10-18-34(24-32)39-27-35(28-11-3-1-4-12-28)26-38(43-39)29-13-5-2-6-14-29;44-42-36-21-11-12-22-40(36)45-41-24-23-30(25-37(41)42)32-17-7-8-18-33(32)34-19-9-10-20-35(34)39-27-31(28-13-3-1-4-14-28)26-38(43-39)29-15-5-2-6-16-29;44-42-36-17-9-10-18-40(36)45-41-24-23-32(25-37(41)42)28-19-21-29(22-20-28)34-15-7-8-16-35(34)33-26-38(30-11-3-1-4-12-30)43-39(27-33)31-13-5-2-6-14-31/h3*1-27H. The van der Waals surface area contributed by atoms with Crippen LogP contribution in [0.1, 0.15) is 0 Å². The van der Waals surface area contributed by atoms with Gasteiger partial charge >= 0.3 is 0 Å². The minimum absolute atomic E-state index is 0.0126. The Morgan fingerprint density at radius 2 is 0.356 bits per heavy atom. The van der Waals surface area contributed by atoms with Gasteiger partial charge < -0.3 is 13.3 Å². The maximum absolute atomic E-state index is 13.5. The first-order valence-electron chi connectivity index (χ1n) is 45.0. The molecule has 9 heteroatoms. The third kappa shape index (κ3) is 17.0. The van der Waals surface area contributed by atoms with Gasteiger partial charge in [0.15, 0.2) is 0 Å². The Labute approximate surface area is 778 Å². The van der Waals surface area contributed by atoms with E-state index in [1.165, 1.54) is 0 Å². The van der Waals surface area contributed by atoms with Crippen molar-refractivity contribution in [3.63, 3.8) is 0 Å². The fraction of sp³-hybridized carbons (Fsp3) is 0. The van der Waals surface area contributed by atoms with E-state index in [0.29, 0.717) is 65.8 Å². The highest BCUT2D eigenvalue weighted by atomic mass is 16.3. The molecule has 0 saturated carbocycles. The van der Waals surface area contributed by atoms with Crippen LogP contribution in [0.2, 0.25) is 0 Å². The van der Waals surface area contributed by atoms with Gasteiger partial charge in [0.05, 0.1) is 66.5 Å². The molecule has 24 rings (SSSR count). The summed E-state index contributed by atoms with van der Waals surface area (Å²) in [7, 11) is 0. The van der Waals surface area contributed by atoms with Crippen LogP contribution < -0.4 is 16.3 Å². The Morgan fingerprint density at radius 3 is 0.763 bits per heavy atom. The van der Waals surface area contributed by atoms with Crippen molar-refractivity contribution in [1.29, 1.82) is 0 Å². The van der Waals surface area contributed by atoms with Crippen molar-refractivity contribution in [1.82, 2.24) is 15.0 Å². The second-order valence-corrected chi connectivity index (χ2v) is 33.4. The summed E-state index contributed by atoms with van der Waals surface area (Å²) in [6.07, 6.45) is 0. The Hall–Kier alpha value is -18.2. The van der Waals surface area contributed by atoms with Gasteiger partial charge in [-0.3, -0.25) is 14.4 Å². The zero-order chi connectivity index (χ0) is 90.5. The molecule has 0 spiro atoms. The van der Waals surface area contributed by atoms with Crippen molar-refractivity contribution >= 4 is 65.8 Å². The molecule has 18 aromatic carbocycles. The van der Waals surface area contributed by atoms with E-state index in [-0.39, 0.29) is 16.3 Å². The minimum atomic E-state index is -0.0260. The SMILES string of the molecule is O=c1c2ccccc2oc2ccc(-c3ccc(-c4ccccc4-c4cc(-c5ccccc5)nc(-c5ccccc5)c4)cc3)cc12.O=c1c2ccccc2oc2ccc(-c3cccc(-c4cccc(-c5cc(-c6ccccc6)cc(-c6ccccc6)n5)c4)c3)cc12.O=c1c2ccccc2oc2ccc(-c3ccccc3-c3ccccc3-c3cc(-c4ccccc4)cc(-c4ccccc4)n3)cc12. The zero-order valence-corrected chi connectivity index (χ0v) is 73.1. The second kappa shape index (κ2) is 36.8. The Balaban J connectivity index is 0.000000118. The molecule has 0 N–H and O–H groups in total. The van der Waals surface area contributed by atoms with Gasteiger partial charge in [-0.2, -0.15) is 0 Å². The molecule has 0 bridgehead atoms. The quantitative estimate of drug-likeness (QED) is 0.0921. The summed E-state index contributed by atoms with van der Waals surface area (Å²) in [5.41, 5.74) is 34.7. The molecule has 6 heterocycles. The summed E-state index contributed by atoms with van der Waals surface area (Å²) < 4.78 is 18.1. The van der Waals surface area contributed by atoms with Crippen LogP contribution in [0.3, 0.4) is 0 Å². The summed E-state index contributed by atoms with van der Waals surface area (Å²) in [4.78, 5) is 55.4. The summed E-state index contributed by atoms with van der Waals surface area (Å²) in [5.74, 6) is 0. The van der Waals surface area contributed by atoms with Crippen LogP contribution in [0, 0.1) is 0 Å². The molecule has 135 heavy (non-hydrogen) atoms. The lowest BCUT2D eigenvalue weighted by Crippen LogP contribution is -2.02. The van der Waals surface area contributed by atoms with E-state index in [1.54, 1.807) is 0 Å². The number of pyridine rings is 3. The predicted molar refractivity (Wildman–Crippen MR) is 555 cm³/mol. The Kier molecular flexibility index (Phi) is 22.5. The van der Waals surface area contributed by atoms with Gasteiger partial charge in [-0.15, -0.1) is 0 Å². The minimum Gasteiger partial charge on any atom is -0.456 e. The van der Waals surface area contributed by atoms with E-state index in [2.05, 4.69) is 273 Å². The number of hydrogen-bond donors (Lipinski definition) is 0. The fourth-order valence-corrected chi connectivity index (χ4v) is 18.1. The van der Waals surface area contributed by atoms with Crippen molar-refractivity contribution in [2.24, 2.45) is 0 Å². The average molecular weight is 1730 g/mol. The van der Waals surface area contributed by atoms with E-state index >= 15 is 0 Å². The van der Waals surface area contributed by atoms with Crippen LogP contribution in [-0.4, -0.2) is 15.0 Å². The molecule has 0 fully saturated rings. The third-order valence-corrected chi connectivity index (χ3v) is 24.9. The number of nitrogens with zero attached hydrogens (tertiary/aromatic N) is 3. The van der Waals surface area contributed by atoms with Gasteiger partial charge in [0.1, 0.15) is 33.5 Å². The monoisotopic (exact) mass is 1730 g/mol. The van der Waals surface area contributed by atoms with E-state index in [9.17, 15) is 14.4 Å². The molecule has 0 aliphatic carbocycles. The predicted octanol–water partition coefficient (Wildman–Crippen LogP) is 32.0. The molecule has 0 aliphatic heterocycles. The first kappa shape index (κ1) is 82.5. The van der Waals surface area contributed by atoms with Gasteiger partial charge in [-0.05, 0) is 221 Å². The second-order valence-electron chi connectivity index (χ2n) is 33.4. The Bertz CT molecular complexity index is 8610. The maximum atomic E-state index is 13.5. The van der Waals surface area contributed by atoms with Crippen molar-refractivity contribution in [2.75, 3.05) is 0 Å². The van der Waals surface area contributed by atoms with Crippen molar-refractivity contribution < 1.29 is 13.3 Å². The van der Waals surface area contributed by atoms with Crippen LogP contribution in [0.25, 0.3) is 234 Å². The molecule has 0 saturated heterocycles. The van der Waals surface area contributed by atoms with Crippen molar-refractivity contribution in [3.8, 4) is 168 Å². The maximum Gasteiger partial charge on any atom is 0.200 e. The zero-order valence-electron chi connectivity index (χ0n) is 73.1. The lowest BCUT2D eigenvalue weighted by Gasteiger charge is -2.16. The Morgan fingerprint density at radius 1 is 0.126 bits per heavy atom. The van der Waals surface area contributed by atoms with E-state index in [4.69, 9.17) is 28.2 Å². The first-order valence-corrected chi connectivity index (χ1v) is 45.0. The van der Waals surface area contributed by atoms with E-state index in [1.807, 2.05) is 218 Å². The van der Waals surface area contributed by atoms with Crippen LogP contribution in [0.5, 0.6) is 0 Å². The number of aromatic nitrogens is 3. The molecular formula is C126H81N3O6. The average Bonchev–Trinajstić information content (AvgIpc) is 0.765. The number of para-hydroxylation sites is 3. The number of hydrogen-bond acceptors (Lipinski definition) is 9. The molecule has 0 amide bonds. The van der Waals surface area contributed by atoms with Crippen LogP contribution in [0.15, 0.2) is 519 Å². The highest BCUT2D eigenvalue weighted by molar-refractivity contribution is 5.99. The van der Waals surface area contributed by atoms with E-state index < -0.39 is 0 Å². The highest BCUT2D eigenvalue weighted by Crippen LogP contribution is 2.44. The molecule has 9 nitrogen and oxygen atoms in total. The van der Waals surface area contributed by atoms with Gasteiger partial charge in [-0.25, -0.2) is 15.0 Å². The molecule has 0 aliphatic rings. The van der Waals surface area contributed by atoms with Gasteiger partial charge in [0, 0.05) is 33.4 Å². The number of fused-ring (bicyclic) bond motifs is 6. The van der Waals surface area contributed by atoms with Gasteiger partial charge in [-0.1, -0.05) is 370 Å². The first-order chi connectivity index (χ1) is 66.6. The lowest BCUT2D eigenvalue weighted by atomic mass is 9.89. The molecule has 24 aromatic rings. The third-order valence-electron chi connectivity index (χ3n) is 24.9. The number of rotatable bonds is 15. The topological polar surface area (TPSA) is 129 Å². The summed E-state index contributed by atoms with van der Waals surface area (Å²) in [6, 6.07) is 166. The highest BCUT2D eigenvalue weighted by Gasteiger charge is 2.22. The van der Waals surface area contributed by atoms with Gasteiger partial charge in [0.25, 0.3) is 0 Å². The largest absolute Gasteiger partial charge is 0.456 e. The molecule has 6 aromatic heterocycles. The normalized spacial score (nSPS) is 11.2. The smallest absolute Gasteiger partial charge is 0.200 e. The van der Waals surface area contributed by atoms with Crippen LogP contribution in [-0.2, 0) is 0 Å². The van der Waals surface area contributed by atoms with Crippen LogP contribution >= 0.6 is 0 Å². The number of benzene rings is 18. The fourth-order valence-electron chi connectivity index (χ4n) is 18.1. The van der Waals surface area contributed by atoms with Crippen LogP contribution in [0.4, 0.5) is 0 Å². The summed E-state index contributed by atoms with van der Waals surface area (Å²) in [5, 5.41) is 3.50. The van der Waals surface area contributed by atoms with E-state index in [0.717, 1.165) is 168 Å². The summed E-state index contributed by atoms with van der Waals surface area (Å²) in [6.45, 7) is 0. The van der Waals surface area contributed by atoms with Crippen molar-refractivity contribution in [3.05, 3.63) is 522 Å².